The Kier molecular flexibility index (Phi) is 3.84. The molecule has 1 heterocycles. The Balaban J connectivity index is 2.60. The van der Waals surface area contributed by atoms with Crippen molar-refractivity contribution in [2.24, 2.45) is 5.92 Å². The van der Waals surface area contributed by atoms with Gasteiger partial charge in [0.25, 0.3) is 5.92 Å². The second kappa shape index (κ2) is 4.53. The third-order valence-corrected chi connectivity index (χ3v) is 2.74. The van der Waals surface area contributed by atoms with Crippen molar-refractivity contribution >= 4 is 0 Å². The van der Waals surface area contributed by atoms with Crippen LogP contribution in [0.1, 0.15) is 20.8 Å². The summed E-state index contributed by atoms with van der Waals surface area (Å²) >= 11 is 0. The summed E-state index contributed by atoms with van der Waals surface area (Å²) in [5.74, 6) is -3.32. The van der Waals surface area contributed by atoms with Gasteiger partial charge >= 0.3 is 0 Å². The molecule has 1 aliphatic rings. The maximum Gasteiger partial charge on any atom is 0.251 e. The molecule has 0 radical (unpaired) electrons. The molecule has 4 heteroatoms. The van der Waals surface area contributed by atoms with Gasteiger partial charge in [0.15, 0.2) is 0 Å². The molecule has 1 atom stereocenters. The predicted molar refractivity (Wildman–Crippen MR) is 51.6 cm³/mol. The van der Waals surface area contributed by atoms with Gasteiger partial charge < -0.3 is 4.74 Å². The van der Waals surface area contributed by atoms with E-state index in [0.717, 1.165) is 13.5 Å². The number of rotatable bonds is 2. The fraction of sp³-hybridized carbons (Fsp3) is 1.00. The van der Waals surface area contributed by atoms with Crippen molar-refractivity contribution in [2.45, 2.75) is 32.7 Å². The van der Waals surface area contributed by atoms with Gasteiger partial charge in [-0.15, -0.1) is 0 Å². The van der Waals surface area contributed by atoms with Crippen LogP contribution in [0.25, 0.3) is 0 Å². The zero-order valence-corrected chi connectivity index (χ0v) is 9.09. The first-order chi connectivity index (χ1) is 6.41. The van der Waals surface area contributed by atoms with Crippen LogP contribution in [0.4, 0.5) is 8.78 Å². The van der Waals surface area contributed by atoms with Crippen LogP contribution >= 0.6 is 0 Å². The number of halogens is 2. The number of nitrogens with zero attached hydrogens (tertiary/aromatic N) is 1. The van der Waals surface area contributed by atoms with E-state index in [1.807, 2.05) is 13.8 Å². The highest BCUT2D eigenvalue weighted by molar-refractivity contribution is 4.79. The summed E-state index contributed by atoms with van der Waals surface area (Å²) in [6, 6.07) is 0.307. The first-order valence-electron chi connectivity index (χ1n) is 5.11. The topological polar surface area (TPSA) is 12.5 Å². The zero-order chi connectivity index (χ0) is 10.8. The van der Waals surface area contributed by atoms with Crippen LogP contribution in [0.3, 0.4) is 0 Å². The minimum Gasteiger partial charge on any atom is -0.380 e. The van der Waals surface area contributed by atoms with E-state index in [0.29, 0.717) is 19.2 Å². The summed E-state index contributed by atoms with van der Waals surface area (Å²) in [7, 11) is 0. The average Bonchev–Trinajstić information content (AvgIpc) is 2.26. The Morgan fingerprint density at radius 1 is 1.43 bits per heavy atom. The van der Waals surface area contributed by atoms with E-state index < -0.39 is 11.8 Å². The molecule has 1 unspecified atom stereocenters. The summed E-state index contributed by atoms with van der Waals surface area (Å²) in [5, 5.41) is 0. The van der Waals surface area contributed by atoms with E-state index in [-0.39, 0.29) is 6.61 Å². The van der Waals surface area contributed by atoms with Crippen LogP contribution in [0.5, 0.6) is 0 Å². The Labute approximate surface area is 84.2 Å². The van der Waals surface area contributed by atoms with Crippen molar-refractivity contribution in [2.75, 3.05) is 26.3 Å². The molecule has 1 aliphatic heterocycles. The summed E-state index contributed by atoms with van der Waals surface area (Å²) in [6.07, 6.45) is 0. The molecule has 0 aromatic rings. The highest BCUT2D eigenvalue weighted by Gasteiger charge is 2.37. The van der Waals surface area contributed by atoms with E-state index >= 15 is 0 Å². The van der Waals surface area contributed by atoms with Crippen molar-refractivity contribution in [1.82, 2.24) is 4.90 Å². The zero-order valence-electron chi connectivity index (χ0n) is 9.09. The smallest absolute Gasteiger partial charge is 0.251 e. The van der Waals surface area contributed by atoms with E-state index in [1.165, 1.54) is 0 Å². The van der Waals surface area contributed by atoms with Gasteiger partial charge in [-0.25, -0.2) is 8.78 Å². The van der Waals surface area contributed by atoms with Crippen molar-refractivity contribution in [1.29, 1.82) is 0 Å². The summed E-state index contributed by atoms with van der Waals surface area (Å²) in [4.78, 5) is 2.05. The first-order valence-corrected chi connectivity index (χ1v) is 5.11. The van der Waals surface area contributed by atoms with Gasteiger partial charge in [0, 0.05) is 19.1 Å². The molecule has 0 amide bonds. The van der Waals surface area contributed by atoms with Crippen molar-refractivity contribution in [3.8, 4) is 0 Å². The summed E-state index contributed by atoms with van der Waals surface area (Å²) in [5.41, 5.74) is 0. The van der Waals surface area contributed by atoms with Crippen LogP contribution in [0.15, 0.2) is 0 Å². The van der Waals surface area contributed by atoms with Gasteiger partial charge in [-0.1, -0.05) is 0 Å². The molecule has 1 fully saturated rings. The highest BCUT2D eigenvalue weighted by atomic mass is 19.3. The molecule has 14 heavy (non-hydrogen) atoms. The van der Waals surface area contributed by atoms with Gasteiger partial charge in [-0.05, 0) is 20.8 Å². The van der Waals surface area contributed by atoms with E-state index in [2.05, 4.69) is 4.90 Å². The van der Waals surface area contributed by atoms with Crippen LogP contribution in [0.2, 0.25) is 0 Å². The molecule has 1 rings (SSSR count). The highest BCUT2D eigenvalue weighted by Crippen LogP contribution is 2.26. The monoisotopic (exact) mass is 207 g/mol. The fourth-order valence-electron chi connectivity index (χ4n) is 1.61. The lowest BCUT2D eigenvalue weighted by molar-refractivity contribution is -0.0692. The second-order valence-electron chi connectivity index (χ2n) is 4.32. The second-order valence-corrected chi connectivity index (χ2v) is 4.32. The molecule has 1 saturated heterocycles. The SMILES string of the molecule is CC(C)N1CCOCC(C(C)(F)F)C1. The van der Waals surface area contributed by atoms with Crippen molar-refractivity contribution < 1.29 is 13.5 Å². The number of ether oxygens (including phenoxy) is 1. The van der Waals surface area contributed by atoms with Crippen LogP contribution in [-0.4, -0.2) is 43.2 Å². The molecule has 2 nitrogen and oxygen atoms in total. The van der Waals surface area contributed by atoms with Gasteiger partial charge in [0.2, 0.25) is 0 Å². The molecule has 0 bridgehead atoms. The number of hydrogen-bond acceptors (Lipinski definition) is 2. The van der Waals surface area contributed by atoms with E-state index in [9.17, 15) is 8.78 Å². The van der Waals surface area contributed by atoms with Crippen LogP contribution in [0, 0.1) is 5.92 Å². The lowest BCUT2D eigenvalue weighted by Crippen LogP contribution is -2.41. The van der Waals surface area contributed by atoms with Gasteiger partial charge in [0.1, 0.15) is 0 Å². The molecule has 0 spiro atoms. The standard InChI is InChI=1S/C10H19F2NO/c1-8(2)13-4-5-14-7-9(6-13)10(3,11)12/h8-9H,4-7H2,1-3H3. The van der Waals surface area contributed by atoms with Gasteiger partial charge in [0.05, 0.1) is 19.1 Å². The average molecular weight is 207 g/mol. The normalized spacial score (nSPS) is 26.6. The molecule has 0 aliphatic carbocycles. The molecular formula is C10H19F2NO. The fourth-order valence-corrected chi connectivity index (χ4v) is 1.61. The van der Waals surface area contributed by atoms with E-state index in [4.69, 9.17) is 4.74 Å². The lowest BCUT2D eigenvalue weighted by atomic mass is 10.0. The summed E-state index contributed by atoms with van der Waals surface area (Å²) in [6.45, 7) is 6.94. The summed E-state index contributed by atoms with van der Waals surface area (Å²) < 4.78 is 31.4. The molecule has 0 aromatic heterocycles. The lowest BCUT2D eigenvalue weighted by Gasteiger charge is -2.29. The molecule has 84 valence electrons. The number of alkyl halides is 2. The van der Waals surface area contributed by atoms with Crippen LogP contribution < -0.4 is 0 Å². The van der Waals surface area contributed by atoms with Crippen LogP contribution in [-0.2, 0) is 4.74 Å². The third-order valence-electron chi connectivity index (χ3n) is 2.74. The maximum atomic E-state index is 13.1. The third kappa shape index (κ3) is 3.17. The first kappa shape index (κ1) is 11.9. The molecule has 0 N–H and O–H groups in total. The maximum absolute atomic E-state index is 13.1. The number of hydrogen-bond donors (Lipinski definition) is 0. The van der Waals surface area contributed by atoms with Gasteiger partial charge in [-0.3, -0.25) is 4.90 Å². The Morgan fingerprint density at radius 2 is 2.07 bits per heavy atom. The predicted octanol–water partition coefficient (Wildman–Crippen LogP) is 2.00. The minimum atomic E-state index is -2.64. The quantitative estimate of drug-likeness (QED) is 0.686. The molecule has 0 saturated carbocycles. The van der Waals surface area contributed by atoms with Gasteiger partial charge in [-0.2, -0.15) is 0 Å². The Bertz CT molecular complexity index is 179. The molecular weight excluding hydrogens is 188 g/mol. The minimum absolute atomic E-state index is 0.173. The molecule has 0 aromatic carbocycles. The Morgan fingerprint density at radius 3 is 2.57 bits per heavy atom. The van der Waals surface area contributed by atoms with E-state index in [1.54, 1.807) is 0 Å². The Hall–Kier alpha value is -0.220. The van der Waals surface area contributed by atoms with Crippen molar-refractivity contribution in [3.05, 3.63) is 0 Å². The largest absolute Gasteiger partial charge is 0.380 e. The van der Waals surface area contributed by atoms with Crippen molar-refractivity contribution in [3.63, 3.8) is 0 Å².